The smallest absolute Gasteiger partial charge is 0.322 e. The number of benzene rings is 3. The number of hydrogen-bond donors (Lipinski definition) is 1. The maximum atomic E-state index is 13.0. The lowest BCUT2D eigenvalue weighted by Crippen LogP contribution is -2.49. The van der Waals surface area contributed by atoms with Crippen LogP contribution in [0.4, 0.5) is 10.5 Å². The van der Waals surface area contributed by atoms with E-state index in [1.807, 2.05) is 11.0 Å². The van der Waals surface area contributed by atoms with Gasteiger partial charge in [-0.05, 0) is 60.1 Å². The first-order valence-corrected chi connectivity index (χ1v) is 11.8. The molecular weight excluding hydrogens is 394 g/mol. The molecule has 2 aliphatic heterocycles. The van der Waals surface area contributed by atoms with Crippen LogP contribution in [0.25, 0.3) is 11.1 Å². The first-order chi connectivity index (χ1) is 15.8. The van der Waals surface area contributed by atoms with Gasteiger partial charge in [-0.15, -0.1) is 0 Å². The van der Waals surface area contributed by atoms with Crippen molar-refractivity contribution in [3.8, 4) is 11.1 Å². The van der Waals surface area contributed by atoms with Crippen molar-refractivity contribution in [3.05, 3.63) is 90.0 Å². The highest BCUT2D eigenvalue weighted by Crippen LogP contribution is 2.32. The van der Waals surface area contributed by atoms with Gasteiger partial charge in [-0.1, -0.05) is 66.7 Å². The monoisotopic (exact) mass is 425 g/mol. The summed E-state index contributed by atoms with van der Waals surface area (Å²) >= 11 is 0. The summed E-state index contributed by atoms with van der Waals surface area (Å²) in [6, 6.07) is 27.9. The first kappa shape index (κ1) is 20.8. The SMILES string of the molecule is O=C(NC1CCN(CCc2ccccc2)CC1)N1CCc2cc(-c3ccccc3)ccc21. The average molecular weight is 426 g/mol. The number of amides is 2. The van der Waals surface area contributed by atoms with Crippen molar-refractivity contribution in [3.63, 3.8) is 0 Å². The normalized spacial score (nSPS) is 16.7. The number of nitrogens with one attached hydrogen (secondary N) is 1. The maximum Gasteiger partial charge on any atom is 0.322 e. The molecule has 1 N–H and O–H groups in total. The van der Waals surface area contributed by atoms with Crippen molar-refractivity contribution >= 4 is 11.7 Å². The van der Waals surface area contributed by atoms with Crippen LogP contribution in [0.3, 0.4) is 0 Å². The van der Waals surface area contributed by atoms with E-state index < -0.39 is 0 Å². The number of piperidine rings is 1. The Kier molecular flexibility index (Phi) is 6.22. The first-order valence-electron chi connectivity index (χ1n) is 11.8. The van der Waals surface area contributed by atoms with Gasteiger partial charge in [0.05, 0.1) is 0 Å². The molecule has 4 nitrogen and oxygen atoms in total. The van der Waals surface area contributed by atoms with Gasteiger partial charge in [0, 0.05) is 37.9 Å². The molecule has 0 spiro atoms. The zero-order valence-corrected chi connectivity index (χ0v) is 18.5. The molecule has 2 heterocycles. The van der Waals surface area contributed by atoms with E-state index in [1.165, 1.54) is 22.3 Å². The standard InChI is InChI=1S/C28H31N3O/c32-28(29-26-15-18-30(19-16-26)17-13-22-7-3-1-4-8-22)31-20-14-25-21-24(11-12-27(25)31)23-9-5-2-6-10-23/h1-12,21,26H,13-20H2,(H,29,32). The van der Waals surface area contributed by atoms with Gasteiger partial charge in [-0.25, -0.2) is 4.79 Å². The minimum atomic E-state index is 0.0546. The van der Waals surface area contributed by atoms with Crippen LogP contribution in [0.5, 0.6) is 0 Å². The summed E-state index contributed by atoms with van der Waals surface area (Å²) in [5, 5.41) is 3.30. The number of carbonyl (C=O) groups is 1. The van der Waals surface area contributed by atoms with Gasteiger partial charge in [0.1, 0.15) is 0 Å². The second-order valence-corrected chi connectivity index (χ2v) is 8.91. The van der Waals surface area contributed by atoms with E-state index in [9.17, 15) is 4.79 Å². The Morgan fingerprint density at radius 2 is 1.56 bits per heavy atom. The van der Waals surface area contributed by atoms with Crippen LogP contribution in [0.2, 0.25) is 0 Å². The summed E-state index contributed by atoms with van der Waals surface area (Å²) < 4.78 is 0. The van der Waals surface area contributed by atoms with Gasteiger partial charge in [0.2, 0.25) is 0 Å². The van der Waals surface area contributed by atoms with E-state index >= 15 is 0 Å². The number of anilines is 1. The minimum absolute atomic E-state index is 0.0546. The van der Waals surface area contributed by atoms with Crippen LogP contribution >= 0.6 is 0 Å². The van der Waals surface area contributed by atoms with Gasteiger partial charge in [-0.2, -0.15) is 0 Å². The Morgan fingerprint density at radius 3 is 2.31 bits per heavy atom. The fraction of sp³-hybridized carbons (Fsp3) is 0.321. The fourth-order valence-electron chi connectivity index (χ4n) is 4.91. The molecule has 2 aliphatic rings. The van der Waals surface area contributed by atoms with Crippen LogP contribution in [0.15, 0.2) is 78.9 Å². The minimum Gasteiger partial charge on any atom is -0.335 e. The lowest BCUT2D eigenvalue weighted by Gasteiger charge is -2.33. The number of likely N-dealkylation sites (tertiary alicyclic amines) is 1. The second-order valence-electron chi connectivity index (χ2n) is 8.91. The quantitative estimate of drug-likeness (QED) is 0.615. The zero-order chi connectivity index (χ0) is 21.8. The number of urea groups is 1. The molecular formula is C28H31N3O. The summed E-state index contributed by atoms with van der Waals surface area (Å²) in [6.45, 7) is 3.95. The summed E-state index contributed by atoms with van der Waals surface area (Å²) in [5.41, 5.74) is 6.15. The van der Waals surface area contributed by atoms with Crippen molar-refractivity contribution in [1.29, 1.82) is 0 Å². The topological polar surface area (TPSA) is 35.6 Å². The van der Waals surface area contributed by atoms with Crippen molar-refractivity contribution in [2.24, 2.45) is 0 Å². The van der Waals surface area contributed by atoms with Crippen LogP contribution < -0.4 is 10.2 Å². The molecule has 2 amide bonds. The van der Waals surface area contributed by atoms with E-state index in [-0.39, 0.29) is 12.1 Å². The Morgan fingerprint density at radius 1 is 0.844 bits per heavy atom. The Bertz CT molecular complexity index is 1040. The van der Waals surface area contributed by atoms with Gasteiger partial charge >= 0.3 is 6.03 Å². The van der Waals surface area contributed by atoms with Gasteiger partial charge in [-0.3, -0.25) is 4.90 Å². The van der Waals surface area contributed by atoms with Crippen LogP contribution in [-0.4, -0.2) is 43.2 Å². The van der Waals surface area contributed by atoms with Crippen LogP contribution in [0.1, 0.15) is 24.0 Å². The molecule has 164 valence electrons. The second kappa shape index (κ2) is 9.58. The van der Waals surface area contributed by atoms with Crippen molar-refractivity contribution < 1.29 is 4.79 Å². The molecule has 0 saturated carbocycles. The highest BCUT2D eigenvalue weighted by atomic mass is 16.2. The summed E-state index contributed by atoms with van der Waals surface area (Å²) in [7, 11) is 0. The predicted molar refractivity (Wildman–Crippen MR) is 131 cm³/mol. The molecule has 0 unspecified atom stereocenters. The highest BCUT2D eigenvalue weighted by molar-refractivity contribution is 5.95. The molecule has 1 saturated heterocycles. The summed E-state index contributed by atoms with van der Waals surface area (Å²) in [5.74, 6) is 0. The molecule has 0 radical (unpaired) electrons. The summed E-state index contributed by atoms with van der Waals surface area (Å²) in [6.07, 6.45) is 4.05. The Balaban J connectivity index is 1.13. The lowest BCUT2D eigenvalue weighted by molar-refractivity contribution is 0.196. The largest absolute Gasteiger partial charge is 0.335 e. The Labute approximate surface area is 190 Å². The third-order valence-electron chi connectivity index (χ3n) is 6.80. The van der Waals surface area contributed by atoms with Gasteiger partial charge < -0.3 is 10.2 Å². The summed E-state index contributed by atoms with van der Waals surface area (Å²) in [4.78, 5) is 17.5. The van der Waals surface area contributed by atoms with E-state index in [2.05, 4.69) is 83.0 Å². The molecule has 0 aromatic heterocycles. The van der Waals surface area contributed by atoms with Crippen LogP contribution in [-0.2, 0) is 12.8 Å². The molecule has 4 heteroatoms. The van der Waals surface area contributed by atoms with E-state index in [4.69, 9.17) is 0 Å². The average Bonchev–Trinajstić information content (AvgIpc) is 3.28. The van der Waals surface area contributed by atoms with Crippen LogP contribution in [0, 0.1) is 0 Å². The van der Waals surface area contributed by atoms with E-state index in [1.54, 1.807) is 0 Å². The van der Waals surface area contributed by atoms with E-state index in [0.717, 1.165) is 57.5 Å². The predicted octanol–water partition coefficient (Wildman–Crippen LogP) is 5.13. The number of nitrogens with zero attached hydrogens (tertiary/aromatic N) is 2. The van der Waals surface area contributed by atoms with Crippen molar-refractivity contribution in [1.82, 2.24) is 10.2 Å². The lowest BCUT2D eigenvalue weighted by atomic mass is 10.0. The molecule has 0 bridgehead atoms. The maximum absolute atomic E-state index is 13.0. The molecule has 0 atom stereocenters. The number of rotatable bonds is 5. The third-order valence-corrected chi connectivity index (χ3v) is 6.80. The molecule has 3 aromatic rings. The van der Waals surface area contributed by atoms with E-state index in [0.29, 0.717) is 0 Å². The molecule has 5 rings (SSSR count). The number of fused-ring (bicyclic) bond motifs is 1. The van der Waals surface area contributed by atoms with Crippen molar-refractivity contribution in [2.45, 2.75) is 31.7 Å². The van der Waals surface area contributed by atoms with Gasteiger partial charge in [0.25, 0.3) is 0 Å². The molecule has 1 fully saturated rings. The molecule has 3 aromatic carbocycles. The third kappa shape index (κ3) is 4.71. The molecule has 0 aliphatic carbocycles. The number of carbonyl (C=O) groups excluding carboxylic acids is 1. The fourth-order valence-corrected chi connectivity index (χ4v) is 4.91. The van der Waals surface area contributed by atoms with Crippen molar-refractivity contribution in [2.75, 3.05) is 31.1 Å². The number of hydrogen-bond acceptors (Lipinski definition) is 2. The zero-order valence-electron chi connectivity index (χ0n) is 18.5. The Hall–Kier alpha value is -3.11. The van der Waals surface area contributed by atoms with Gasteiger partial charge in [0.15, 0.2) is 0 Å². The highest BCUT2D eigenvalue weighted by Gasteiger charge is 2.28. The molecule has 32 heavy (non-hydrogen) atoms.